The SMILES string of the molecule is C=C(c1ccc(OC)cc1C)[Si](c1ccccc1)c1ccccc1. The molecule has 0 saturated heterocycles. The lowest BCUT2D eigenvalue weighted by molar-refractivity contribution is 0.414. The molecule has 0 N–H and O–H groups in total. The molecule has 0 aliphatic rings. The molecule has 0 saturated carbocycles. The second kappa shape index (κ2) is 7.32. The molecule has 0 aliphatic heterocycles. The number of ether oxygens (including phenoxy) is 1. The van der Waals surface area contributed by atoms with Crippen LogP contribution in [0.4, 0.5) is 0 Å². The van der Waals surface area contributed by atoms with Gasteiger partial charge in [0, 0.05) is 0 Å². The molecule has 3 aromatic carbocycles. The van der Waals surface area contributed by atoms with Gasteiger partial charge in [-0.25, -0.2) is 0 Å². The van der Waals surface area contributed by atoms with Gasteiger partial charge in [0.15, 0.2) is 8.80 Å². The molecule has 0 fully saturated rings. The van der Waals surface area contributed by atoms with E-state index in [0.717, 1.165) is 5.75 Å². The van der Waals surface area contributed by atoms with Gasteiger partial charge < -0.3 is 4.74 Å². The fourth-order valence-corrected chi connectivity index (χ4v) is 5.59. The zero-order chi connectivity index (χ0) is 16.9. The summed E-state index contributed by atoms with van der Waals surface area (Å²) in [6.07, 6.45) is 0. The van der Waals surface area contributed by atoms with E-state index in [2.05, 4.69) is 86.3 Å². The van der Waals surface area contributed by atoms with E-state index in [1.54, 1.807) is 7.11 Å². The first-order valence-electron chi connectivity index (χ1n) is 8.03. The van der Waals surface area contributed by atoms with Crippen LogP contribution in [0.2, 0.25) is 0 Å². The fraction of sp³-hybridized carbons (Fsp3) is 0.0909. The quantitative estimate of drug-likeness (QED) is 0.646. The molecule has 0 aliphatic carbocycles. The first-order valence-corrected chi connectivity index (χ1v) is 9.53. The summed E-state index contributed by atoms with van der Waals surface area (Å²) in [5, 5.41) is 3.92. The Labute approximate surface area is 145 Å². The minimum atomic E-state index is -1.11. The Balaban J connectivity index is 2.08. The highest BCUT2D eigenvalue weighted by molar-refractivity contribution is 6.99. The van der Waals surface area contributed by atoms with Gasteiger partial charge in [-0.15, -0.1) is 0 Å². The summed E-state index contributed by atoms with van der Waals surface area (Å²) in [6.45, 7) is 6.62. The van der Waals surface area contributed by atoms with Crippen LogP contribution in [0.3, 0.4) is 0 Å². The van der Waals surface area contributed by atoms with E-state index in [1.165, 1.54) is 26.7 Å². The Morgan fingerprint density at radius 3 is 1.83 bits per heavy atom. The van der Waals surface area contributed by atoms with Crippen LogP contribution in [0.1, 0.15) is 11.1 Å². The molecule has 3 aromatic rings. The van der Waals surface area contributed by atoms with Crippen molar-refractivity contribution in [2.45, 2.75) is 6.92 Å². The minimum Gasteiger partial charge on any atom is -0.497 e. The van der Waals surface area contributed by atoms with Gasteiger partial charge in [0.05, 0.1) is 7.11 Å². The van der Waals surface area contributed by atoms with E-state index in [1.807, 2.05) is 6.07 Å². The molecule has 0 unspecified atom stereocenters. The maximum atomic E-state index is 5.34. The maximum Gasteiger partial charge on any atom is 0.154 e. The van der Waals surface area contributed by atoms with Crippen molar-refractivity contribution in [3.63, 3.8) is 0 Å². The van der Waals surface area contributed by atoms with E-state index >= 15 is 0 Å². The largest absolute Gasteiger partial charge is 0.497 e. The lowest BCUT2D eigenvalue weighted by Crippen LogP contribution is -2.43. The molecule has 0 aromatic heterocycles. The van der Waals surface area contributed by atoms with Gasteiger partial charge >= 0.3 is 0 Å². The molecule has 0 heterocycles. The summed E-state index contributed by atoms with van der Waals surface area (Å²) < 4.78 is 5.34. The lowest BCUT2D eigenvalue weighted by atomic mass is 10.1. The number of aryl methyl sites for hydroxylation is 1. The molecule has 24 heavy (non-hydrogen) atoms. The van der Waals surface area contributed by atoms with Crippen molar-refractivity contribution in [2.24, 2.45) is 0 Å². The molecular formula is C22H21OSi. The van der Waals surface area contributed by atoms with Crippen LogP contribution in [0, 0.1) is 6.92 Å². The van der Waals surface area contributed by atoms with Crippen LogP contribution in [0.15, 0.2) is 85.4 Å². The molecule has 2 heteroatoms. The number of rotatable bonds is 5. The topological polar surface area (TPSA) is 9.23 Å². The van der Waals surface area contributed by atoms with E-state index in [-0.39, 0.29) is 0 Å². The van der Waals surface area contributed by atoms with Crippen LogP contribution >= 0.6 is 0 Å². The molecular weight excluding hydrogens is 308 g/mol. The van der Waals surface area contributed by atoms with E-state index in [9.17, 15) is 0 Å². The van der Waals surface area contributed by atoms with Gasteiger partial charge in [-0.3, -0.25) is 0 Å². The highest BCUT2D eigenvalue weighted by atomic mass is 28.3. The van der Waals surface area contributed by atoms with Crippen LogP contribution in [0.5, 0.6) is 5.75 Å². The number of benzene rings is 3. The zero-order valence-electron chi connectivity index (χ0n) is 14.1. The van der Waals surface area contributed by atoms with E-state index in [4.69, 9.17) is 4.74 Å². The molecule has 3 rings (SSSR count). The van der Waals surface area contributed by atoms with Crippen molar-refractivity contribution in [1.29, 1.82) is 0 Å². The monoisotopic (exact) mass is 329 g/mol. The third-order valence-electron chi connectivity index (χ3n) is 4.19. The summed E-state index contributed by atoms with van der Waals surface area (Å²) in [4.78, 5) is 0. The van der Waals surface area contributed by atoms with Crippen LogP contribution in [-0.2, 0) is 0 Å². The van der Waals surface area contributed by atoms with Gasteiger partial charge in [0.1, 0.15) is 5.75 Å². The molecule has 0 bridgehead atoms. The van der Waals surface area contributed by atoms with Crippen molar-refractivity contribution in [3.8, 4) is 5.75 Å². The number of hydrogen-bond donors (Lipinski definition) is 0. The highest BCUT2D eigenvalue weighted by Gasteiger charge is 2.22. The van der Waals surface area contributed by atoms with Gasteiger partial charge in [-0.05, 0) is 30.2 Å². The molecule has 1 nitrogen and oxygen atoms in total. The summed E-state index contributed by atoms with van der Waals surface area (Å²) in [5.74, 6) is 0.886. The van der Waals surface area contributed by atoms with Crippen LogP contribution in [0.25, 0.3) is 5.20 Å². The second-order valence-corrected chi connectivity index (χ2v) is 8.27. The Hall–Kier alpha value is -2.58. The van der Waals surface area contributed by atoms with Gasteiger partial charge in [0.25, 0.3) is 0 Å². The van der Waals surface area contributed by atoms with Crippen LogP contribution < -0.4 is 15.1 Å². The summed E-state index contributed by atoms with van der Waals surface area (Å²) >= 11 is 0. The lowest BCUT2D eigenvalue weighted by Gasteiger charge is -2.21. The normalized spacial score (nSPS) is 10.6. The molecule has 119 valence electrons. The molecule has 0 atom stereocenters. The highest BCUT2D eigenvalue weighted by Crippen LogP contribution is 2.24. The summed E-state index contributed by atoms with van der Waals surface area (Å²) in [6, 6.07) is 27.6. The predicted molar refractivity (Wildman–Crippen MR) is 105 cm³/mol. The van der Waals surface area contributed by atoms with Crippen molar-refractivity contribution in [2.75, 3.05) is 7.11 Å². The maximum absolute atomic E-state index is 5.34. The van der Waals surface area contributed by atoms with Gasteiger partial charge in [0.2, 0.25) is 0 Å². The van der Waals surface area contributed by atoms with Gasteiger partial charge in [-0.1, -0.05) is 88.9 Å². The Morgan fingerprint density at radius 2 is 1.38 bits per heavy atom. The molecule has 0 amide bonds. The molecule has 0 spiro atoms. The minimum absolute atomic E-state index is 0.886. The Kier molecular flexibility index (Phi) is 4.97. The van der Waals surface area contributed by atoms with Crippen molar-refractivity contribution in [1.82, 2.24) is 0 Å². The smallest absolute Gasteiger partial charge is 0.154 e. The number of methoxy groups -OCH3 is 1. The van der Waals surface area contributed by atoms with Crippen molar-refractivity contribution >= 4 is 24.4 Å². The first kappa shape index (κ1) is 16.3. The average Bonchev–Trinajstić information content (AvgIpc) is 2.63. The van der Waals surface area contributed by atoms with Crippen molar-refractivity contribution < 1.29 is 4.74 Å². The second-order valence-electron chi connectivity index (χ2n) is 5.77. The van der Waals surface area contributed by atoms with E-state index < -0.39 is 8.80 Å². The Bertz CT molecular complexity index is 786. The third kappa shape index (κ3) is 3.34. The molecule has 1 radical (unpaired) electrons. The number of hydrogen-bond acceptors (Lipinski definition) is 1. The fourth-order valence-electron chi connectivity index (χ4n) is 2.96. The zero-order valence-corrected chi connectivity index (χ0v) is 15.1. The average molecular weight is 329 g/mol. The van der Waals surface area contributed by atoms with Crippen LogP contribution in [-0.4, -0.2) is 15.9 Å². The standard InChI is InChI=1S/C22H21OSi/c1-17-16-19(23-3)14-15-22(17)18(2)24(20-10-6-4-7-11-20)21-12-8-5-9-13-21/h4-16H,2H2,1,3H3. The summed E-state index contributed by atoms with van der Waals surface area (Å²) in [5.41, 5.74) is 2.42. The first-order chi connectivity index (χ1) is 11.7. The van der Waals surface area contributed by atoms with E-state index in [0.29, 0.717) is 0 Å². The summed E-state index contributed by atoms with van der Waals surface area (Å²) in [7, 11) is 0.594. The predicted octanol–water partition coefficient (Wildman–Crippen LogP) is 3.87. The third-order valence-corrected chi connectivity index (χ3v) is 6.88. The van der Waals surface area contributed by atoms with Gasteiger partial charge in [-0.2, -0.15) is 0 Å². The van der Waals surface area contributed by atoms with Crippen molar-refractivity contribution in [3.05, 3.63) is 96.6 Å². The Morgan fingerprint density at radius 1 is 0.833 bits per heavy atom.